The van der Waals surface area contributed by atoms with Gasteiger partial charge in [-0.3, -0.25) is 14.7 Å². The summed E-state index contributed by atoms with van der Waals surface area (Å²) in [5, 5.41) is 8.11. The van der Waals surface area contributed by atoms with E-state index < -0.39 is 0 Å². The molecule has 0 radical (unpaired) electrons. The largest absolute Gasteiger partial charge is 0.424 e. The number of piperazine rings is 1. The van der Waals surface area contributed by atoms with Gasteiger partial charge in [0.15, 0.2) is 0 Å². The number of likely N-dealkylation sites (tertiary alicyclic amines) is 1. The van der Waals surface area contributed by atoms with Crippen LogP contribution in [0, 0.1) is 6.92 Å². The average Bonchev–Trinajstić information content (AvgIpc) is 3.12. The highest BCUT2D eigenvalue weighted by Crippen LogP contribution is 2.23. The summed E-state index contributed by atoms with van der Waals surface area (Å²) in [4.78, 5) is 7.72. The van der Waals surface area contributed by atoms with Gasteiger partial charge >= 0.3 is 0 Å². The van der Waals surface area contributed by atoms with E-state index in [-0.39, 0.29) is 6.04 Å². The predicted molar refractivity (Wildman–Crippen MR) is 90.3 cm³/mol. The van der Waals surface area contributed by atoms with Crippen LogP contribution >= 0.6 is 0 Å². The molecule has 0 unspecified atom stereocenters. The molecule has 0 N–H and O–H groups in total. The molecule has 1 aromatic rings. The Morgan fingerprint density at radius 1 is 1.04 bits per heavy atom. The van der Waals surface area contributed by atoms with Crippen LogP contribution in [0.2, 0.25) is 0 Å². The summed E-state index contributed by atoms with van der Waals surface area (Å²) in [6.07, 6.45) is 2.71. The molecule has 1 aromatic heterocycles. The number of aromatic nitrogens is 2. The Hall–Kier alpha value is -0.980. The van der Waals surface area contributed by atoms with Crippen molar-refractivity contribution in [2.24, 2.45) is 0 Å². The van der Waals surface area contributed by atoms with Gasteiger partial charge in [-0.15, -0.1) is 10.2 Å². The summed E-state index contributed by atoms with van der Waals surface area (Å²) >= 11 is 0. The molecule has 0 bridgehead atoms. The molecule has 0 amide bonds. The van der Waals surface area contributed by atoms with Gasteiger partial charge in [0.2, 0.25) is 11.8 Å². The van der Waals surface area contributed by atoms with Crippen LogP contribution in [0.25, 0.3) is 0 Å². The minimum atomic E-state index is 0.219. The summed E-state index contributed by atoms with van der Waals surface area (Å²) < 4.78 is 5.58. The van der Waals surface area contributed by atoms with Crippen molar-refractivity contribution >= 4 is 0 Å². The highest BCUT2D eigenvalue weighted by atomic mass is 16.4. The minimum absolute atomic E-state index is 0.219. The maximum atomic E-state index is 5.58. The molecule has 6 nitrogen and oxygen atoms in total. The van der Waals surface area contributed by atoms with Crippen LogP contribution in [0.15, 0.2) is 4.42 Å². The van der Waals surface area contributed by atoms with Gasteiger partial charge < -0.3 is 4.42 Å². The Bertz CT molecular complexity index is 487. The zero-order chi connectivity index (χ0) is 16.4. The van der Waals surface area contributed by atoms with Crippen LogP contribution in [0.1, 0.15) is 51.4 Å². The lowest BCUT2D eigenvalue weighted by Crippen LogP contribution is -2.49. The van der Waals surface area contributed by atoms with Gasteiger partial charge in [0.25, 0.3) is 0 Å². The fourth-order valence-corrected chi connectivity index (χ4v) is 3.96. The van der Waals surface area contributed by atoms with Gasteiger partial charge in [-0.2, -0.15) is 0 Å². The molecule has 0 spiro atoms. The Balaban J connectivity index is 1.43. The number of hydrogen-bond donors (Lipinski definition) is 0. The molecule has 3 rings (SSSR count). The second-order valence-electron chi connectivity index (χ2n) is 7.23. The van der Waals surface area contributed by atoms with Gasteiger partial charge in [-0.05, 0) is 33.6 Å². The maximum absolute atomic E-state index is 5.58. The maximum Gasteiger partial charge on any atom is 0.233 e. The van der Waals surface area contributed by atoms with Crippen molar-refractivity contribution in [2.75, 3.05) is 39.3 Å². The quantitative estimate of drug-likeness (QED) is 0.826. The third-order valence-corrected chi connectivity index (χ3v) is 5.66. The van der Waals surface area contributed by atoms with E-state index >= 15 is 0 Å². The SMILES string of the molecule is Cc1nnc([C@H](C)N2CCN(CCN3[C@@H](C)CC[C@@H]3C)CC2)o1. The molecule has 0 saturated carbocycles. The van der Waals surface area contributed by atoms with Crippen molar-refractivity contribution in [3.8, 4) is 0 Å². The number of hydrogen-bond acceptors (Lipinski definition) is 6. The van der Waals surface area contributed by atoms with E-state index in [0.717, 1.165) is 44.2 Å². The normalized spacial score (nSPS) is 29.2. The summed E-state index contributed by atoms with van der Waals surface area (Å²) in [6.45, 7) is 15.6. The van der Waals surface area contributed by atoms with E-state index in [4.69, 9.17) is 4.42 Å². The van der Waals surface area contributed by atoms with Crippen LogP contribution < -0.4 is 0 Å². The molecule has 23 heavy (non-hydrogen) atoms. The summed E-state index contributed by atoms with van der Waals surface area (Å²) in [6, 6.07) is 1.73. The third-order valence-electron chi connectivity index (χ3n) is 5.66. The summed E-state index contributed by atoms with van der Waals surface area (Å²) in [5.74, 6) is 1.40. The highest BCUT2D eigenvalue weighted by Gasteiger charge is 2.29. The lowest BCUT2D eigenvalue weighted by molar-refractivity contribution is 0.0791. The lowest BCUT2D eigenvalue weighted by atomic mass is 10.2. The van der Waals surface area contributed by atoms with Crippen molar-refractivity contribution in [3.63, 3.8) is 0 Å². The van der Waals surface area contributed by atoms with Gasteiger partial charge in [0.1, 0.15) is 0 Å². The Morgan fingerprint density at radius 3 is 2.26 bits per heavy atom. The molecule has 3 heterocycles. The molecule has 130 valence electrons. The molecule has 2 fully saturated rings. The first kappa shape index (κ1) is 16.9. The minimum Gasteiger partial charge on any atom is -0.424 e. The second kappa shape index (κ2) is 7.28. The third kappa shape index (κ3) is 3.92. The van der Waals surface area contributed by atoms with Crippen molar-refractivity contribution < 1.29 is 4.42 Å². The van der Waals surface area contributed by atoms with Crippen LogP contribution in [-0.2, 0) is 0 Å². The zero-order valence-electron chi connectivity index (χ0n) is 15.0. The summed E-state index contributed by atoms with van der Waals surface area (Å²) in [5.41, 5.74) is 0. The van der Waals surface area contributed by atoms with E-state index in [0.29, 0.717) is 5.89 Å². The van der Waals surface area contributed by atoms with Crippen molar-refractivity contribution in [1.29, 1.82) is 0 Å². The van der Waals surface area contributed by atoms with E-state index in [2.05, 4.69) is 45.7 Å². The average molecular weight is 321 g/mol. The van der Waals surface area contributed by atoms with Gasteiger partial charge in [0, 0.05) is 58.3 Å². The molecule has 2 aliphatic rings. The molecule has 0 aliphatic carbocycles. The van der Waals surface area contributed by atoms with Crippen LogP contribution in [0.5, 0.6) is 0 Å². The van der Waals surface area contributed by atoms with Gasteiger partial charge in [-0.25, -0.2) is 0 Å². The Labute approximate surface area is 139 Å². The topological polar surface area (TPSA) is 48.6 Å². The van der Waals surface area contributed by atoms with Crippen LogP contribution in [0.3, 0.4) is 0 Å². The van der Waals surface area contributed by atoms with Crippen molar-refractivity contribution in [3.05, 3.63) is 11.8 Å². The molecule has 0 aromatic carbocycles. The molecule has 3 atom stereocenters. The molecular weight excluding hydrogens is 290 g/mol. The first-order valence-electron chi connectivity index (χ1n) is 9.06. The molecular formula is C17H31N5O. The van der Waals surface area contributed by atoms with Gasteiger partial charge in [-0.1, -0.05) is 0 Å². The first-order chi connectivity index (χ1) is 11.0. The number of aryl methyl sites for hydroxylation is 1. The van der Waals surface area contributed by atoms with E-state index in [1.54, 1.807) is 0 Å². The Kier molecular flexibility index (Phi) is 5.34. The fourth-order valence-electron chi connectivity index (χ4n) is 3.96. The van der Waals surface area contributed by atoms with Crippen molar-refractivity contribution in [1.82, 2.24) is 24.9 Å². The van der Waals surface area contributed by atoms with Crippen molar-refractivity contribution in [2.45, 2.75) is 58.7 Å². The fraction of sp³-hybridized carbons (Fsp3) is 0.882. The van der Waals surface area contributed by atoms with Crippen LogP contribution in [0.4, 0.5) is 0 Å². The van der Waals surface area contributed by atoms with Crippen LogP contribution in [-0.4, -0.2) is 76.2 Å². The molecule has 2 saturated heterocycles. The van der Waals surface area contributed by atoms with E-state index in [1.165, 1.54) is 25.9 Å². The highest BCUT2D eigenvalue weighted by molar-refractivity contribution is 4.90. The zero-order valence-corrected chi connectivity index (χ0v) is 15.0. The van der Waals surface area contributed by atoms with Gasteiger partial charge in [0.05, 0.1) is 6.04 Å². The van der Waals surface area contributed by atoms with E-state index in [9.17, 15) is 0 Å². The smallest absolute Gasteiger partial charge is 0.233 e. The summed E-state index contributed by atoms with van der Waals surface area (Å²) in [7, 11) is 0. The Morgan fingerprint density at radius 2 is 1.70 bits per heavy atom. The second-order valence-corrected chi connectivity index (χ2v) is 7.23. The molecule has 2 aliphatic heterocycles. The lowest BCUT2D eigenvalue weighted by Gasteiger charge is -2.38. The van der Waals surface area contributed by atoms with E-state index in [1.807, 2.05) is 6.92 Å². The number of rotatable bonds is 5. The number of nitrogens with zero attached hydrogens (tertiary/aromatic N) is 5. The monoisotopic (exact) mass is 321 g/mol. The first-order valence-corrected chi connectivity index (χ1v) is 9.06. The standard InChI is InChI=1S/C17H31N5O/c1-13-5-6-14(2)22(13)12-9-20-7-10-21(11-8-20)15(3)17-19-18-16(4)23-17/h13-15H,5-12H2,1-4H3/t13-,14-,15-/m0/s1. The predicted octanol–water partition coefficient (Wildman–Crippen LogP) is 1.93. The molecule has 6 heteroatoms.